The molecule has 0 bridgehead atoms. The molecule has 2 rings (SSSR count). The molecule has 8 heteroatoms. The van der Waals surface area contributed by atoms with E-state index in [2.05, 4.69) is 0 Å². The van der Waals surface area contributed by atoms with Gasteiger partial charge in [-0.15, -0.1) is 0 Å². The van der Waals surface area contributed by atoms with Crippen LogP contribution in [0.1, 0.15) is 0 Å². The van der Waals surface area contributed by atoms with Crippen LogP contribution in [0.25, 0.3) is 0 Å². The maximum absolute atomic E-state index is 11.4. The molecular weight excluding hydrogens is 339 g/mol. The minimum absolute atomic E-state index is 0.0936. The molecule has 0 heterocycles. The summed E-state index contributed by atoms with van der Waals surface area (Å²) in [4.78, 5) is 1.11. The average Bonchev–Trinajstić information content (AvgIpc) is 2.35. The van der Waals surface area contributed by atoms with Crippen molar-refractivity contribution >= 4 is 50.7 Å². The first-order chi connectivity index (χ1) is 9.29. The number of hydrogen-bond acceptors (Lipinski definition) is 4. The van der Waals surface area contributed by atoms with E-state index >= 15 is 0 Å². The molecule has 0 fully saturated rings. The molecule has 0 atom stereocenters. The number of primary sulfonamides is 1. The highest BCUT2D eigenvalue weighted by molar-refractivity contribution is 7.99. The van der Waals surface area contributed by atoms with Gasteiger partial charge in [0.2, 0.25) is 10.0 Å². The van der Waals surface area contributed by atoms with Gasteiger partial charge in [0.05, 0.1) is 10.7 Å². The highest BCUT2D eigenvalue weighted by atomic mass is 35.5. The van der Waals surface area contributed by atoms with Crippen LogP contribution >= 0.6 is 35.0 Å². The van der Waals surface area contributed by atoms with Crippen molar-refractivity contribution in [1.29, 1.82) is 0 Å². The molecule has 4 N–H and O–H groups in total. The second-order valence-electron chi connectivity index (χ2n) is 3.89. The lowest BCUT2D eigenvalue weighted by atomic mass is 10.3. The lowest BCUT2D eigenvalue weighted by Gasteiger charge is -2.10. The van der Waals surface area contributed by atoms with Gasteiger partial charge in [-0.25, -0.2) is 13.6 Å². The zero-order valence-electron chi connectivity index (χ0n) is 10.0. The first-order valence-electron chi connectivity index (χ1n) is 5.33. The third-order valence-electron chi connectivity index (χ3n) is 2.45. The highest BCUT2D eigenvalue weighted by Gasteiger charge is 2.16. The largest absolute Gasteiger partial charge is 0.397 e. The van der Waals surface area contributed by atoms with Crippen molar-refractivity contribution in [2.45, 2.75) is 14.7 Å². The zero-order valence-corrected chi connectivity index (χ0v) is 13.2. The summed E-state index contributed by atoms with van der Waals surface area (Å²) >= 11 is 13.2. The van der Waals surface area contributed by atoms with Crippen LogP contribution in [0.15, 0.2) is 51.1 Å². The smallest absolute Gasteiger partial charge is 0.240 e. The van der Waals surface area contributed by atoms with E-state index in [1.165, 1.54) is 17.8 Å². The van der Waals surface area contributed by atoms with Crippen LogP contribution in [0.2, 0.25) is 10.0 Å². The van der Waals surface area contributed by atoms with Gasteiger partial charge in [-0.3, -0.25) is 0 Å². The summed E-state index contributed by atoms with van der Waals surface area (Å²) in [6.07, 6.45) is 0. The monoisotopic (exact) mass is 348 g/mol. The Labute approximate surface area is 131 Å². The van der Waals surface area contributed by atoms with Crippen LogP contribution in [0.5, 0.6) is 0 Å². The number of sulfonamides is 1. The lowest BCUT2D eigenvalue weighted by molar-refractivity contribution is 0.598. The van der Waals surface area contributed by atoms with Crippen LogP contribution in [-0.2, 0) is 10.0 Å². The van der Waals surface area contributed by atoms with Crippen molar-refractivity contribution in [3.8, 4) is 0 Å². The minimum atomic E-state index is -3.86. The van der Waals surface area contributed by atoms with Gasteiger partial charge in [0.25, 0.3) is 0 Å². The van der Waals surface area contributed by atoms with E-state index in [0.717, 1.165) is 0 Å². The molecule has 0 radical (unpaired) electrons. The van der Waals surface area contributed by atoms with Crippen LogP contribution in [-0.4, -0.2) is 8.42 Å². The molecule has 0 aliphatic carbocycles. The van der Waals surface area contributed by atoms with Gasteiger partial charge < -0.3 is 5.73 Å². The Morgan fingerprint density at radius 3 is 2.40 bits per heavy atom. The predicted molar refractivity (Wildman–Crippen MR) is 82.8 cm³/mol. The van der Waals surface area contributed by atoms with E-state index in [4.69, 9.17) is 34.1 Å². The Morgan fingerprint density at radius 2 is 1.75 bits per heavy atom. The van der Waals surface area contributed by atoms with Gasteiger partial charge >= 0.3 is 0 Å². The fraction of sp³-hybridized carbons (Fsp3) is 0. The van der Waals surface area contributed by atoms with Crippen LogP contribution < -0.4 is 10.9 Å². The number of nitrogens with two attached hydrogens (primary N) is 2. The molecule has 0 saturated heterocycles. The van der Waals surface area contributed by atoms with Gasteiger partial charge in [-0.2, -0.15) is 0 Å². The third kappa shape index (κ3) is 3.39. The van der Waals surface area contributed by atoms with Crippen molar-refractivity contribution in [2.24, 2.45) is 5.14 Å². The van der Waals surface area contributed by atoms with Gasteiger partial charge in [0, 0.05) is 14.8 Å². The molecule has 0 unspecified atom stereocenters. The predicted octanol–water partition coefficient (Wildman–Crippen LogP) is 3.37. The van der Waals surface area contributed by atoms with Crippen LogP contribution in [0.3, 0.4) is 0 Å². The number of hydrogen-bond donors (Lipinski definition) is 2. The second kappa shape index (κ2) is 5.83. The van der Waals surface area contributed by atoms with E-state index in [-0.39, 0.29) is 10.6 Å². The Hall–Kier alpha value is -0.920. The molecule has 0 saturated carbocycles. The third-order valence-corrected chi connectivity index (χ3v) is 5.23. The van der Waals surface area contributed by atoms with E-state index in [1.54, 1.807) is 30.3 Å². The number of nitrogen functional groups attached to an aromatic ring is 1. The molecule has 20 heavy (non-hydrogen) atoms. The lowest BCUT2D eigenvalue weighted by Crippen LogP contribution is -2.14. The van der Waals surface area contributed by atoms with Gasteiger partial charge in [0.15, 0.2) is 0 Å². The van der Waals surface area contributed by atoms with Crippen molar-refractivity contribution < 1.29 is 8.42 Å². The highest BCUT2D eigenvalue weighted by Crippen LogP contribution is 2.39. The number of halogens is 2. The number of benzene rings is 2. The number of rotatable bonds is 3. The summed E-state index contributed by atoms with van der Waals surface area (Å²) in [5.41, 5.74) is 5.94. The standard InChI is InChI=1S/C12H10Cl2N2O2S2/c13-7-4-5-8(14)10(6-7)19-9-2-1-3-11(12(9)15)20(16,17)18/h1-6H,15H2,(H2,16,17,18). The van der Waals surface area contributed by atoms with Crippen molar-refractivity contribution in [3.63, 3.8) is 0 Å². The van der Waals surface area contributed by atoms with E-state index < -0.39 is 10.0 Å². The van der Waals surface area contributed by atoms with Crippen molar-refractivity contribution in [3.05, 3.63) is 46.4 Å². The Balaban J connectivity index is 2.47. The summed E-state index contributed by atoms with van der Waals surface area (Å²) in [6.45, 7) is 0. The Morgan fingerprint density at radius 1 is 1.05 bits per heavy atom. The molecule has 2 aromatic carbocycles. The SMILES string of the molecule is Nc1c(Sc2cc(Cl)ccc2Cl)cccc1S(N)(=O)=O. The van der Waals surface area contributed by atoms with Gasteiger partial charge in [-0.1, -0.05) is 41.0 Å². The summed E-state index contributed by atoms with van der Waals surface area (Å²) in [5.74, 6) is 0. The van der Waals surface area contributed by atoms with E-state index in [0.29, 0.717) is 19.8 Å². The molecule has 0 amide bonds. The molecule has 106 valence electrons. The maximum atomic E-state index is 11.4. The summed E-state index contributed by atoms with van der Waals surface area (Å²) in [5, 5.41) is 6.14. The summed E-state index contributed by atoms with van der Waals surface area (Å²) < 4.78 is 22.8. The fourth-order valence-corrected chi connectivity index (χ4v) is 3.71. The van der Waals surface area contributed by atoms with Crippen LogP contribution in [0, 0.1) is 0 Å². The zero-order chi connectivity index (χ0) is 14.9. The van der Waals surface area contributed by atoms with Gasteiger partial charge in [0.1, 0.15) is 4.90 Å². The Kier molecular flexibility index (Phi) is 4.51. The first-order valence-corrected chi connectivity index (χ1v) is 8.45. The molecular formula is C12H10Cl2N2O2S2. The molecule has 2 aromatic rings. The number of anilines is 1. The number of para-hydroxylation sites is 1. The second-order valence-corrected chi connectivity index (χ2v) is 7.35. The molecule has 0 aliphatic heterocycles. The molecule has 0 spiro atoms. The molecule has 4 nitrogen and oxygen atoms in total. The maximum Gasteiger partial charge on any atom is 0.240 e. The van der Waals surface area contributed by atoms with Gasteiger partial charge in [-0.05, 0) is 30.3 Å². The minimum Gasteiger partial charge on any atom is -0.397 e. The quantitative estimate of drug-likeness (QED) is 0.832. The average molecular weight is 349 g/mol. The molecule has 0 aromatic heterocycles. The van der Waals surface area contributed by atoms with Crippen LogP contribution in [0.4, 0.5) is 5.69 Å². The molecule has 0 aliphatic rings. The van der Waals surface area contributed by atoms with Crippen molar-refractivity contribution in [2.75, 3.05) is 5.73 Å². The van der Waals surface area contributed by atoms with E-state index in [1.807, 2.05) is 0 Å². The van der Waals surface area contributed by atoms with E-state index in [9.17, 15) is 8.42 Å². The summed E-state index contributed by atoms with van der Waals surface area (Å²) in [7, 11) is -3.86. The topological polar surface area (TPSA) is 86.2 Å². The van der Waals surface area contributed by atoms with Crippen molar-refractivity contribution in [1.82, 2.24) is 0 Å². The Bertz CT molecular complexity index is 764. The fourth-order valence-electron chi connectivity index (χ4n) is 1.53. The summed E-state index contributed by atoms with van der Waals surface area (Å²) in [6, 6.07) is 9.61. The first kappa shape index (κ1) is 15.5. The normalized spacial score (nSPS) is 11.6.